The van der Waals surface area contributed by atoms with Crippen LogP contribution in [0, 0.1) is 10.1 Å². The molecule has 1 amide bonds. The van der Waals surface area contributed by atoms with Crippen LogP contribution < -0.4 is 5.73 Å². The Hall–Kier alpha value is -1.47. The third kappa shape index (κ3) is 2.76. The maximum absolute atomic E-state index is 12.1. The number of rotatable bonds is 3. The second-order valence-corrected chi connectivity index (χ2v) is 5.71. The molecule has 2 unspecified atom stereocenters. The molecule has 1 saturated heterocycles. The van der Waals surface area contributed by atoms with Gasteiger partial charge in [0.25, 0.3) is 0 Å². The number of carbonyl (C=O) groups is 1. The standard InChI is InChI=1S/C12H17N3O3S/c1-2-14-10(16)5-3-4-8(13)12(14)9-6-7-11(19-9)15(17)18/h6-8,12H,2-5,13H2,1H3. The van der Waals surface area contributed by atoms with Crippen LogP contribution in [-0.2, 0) is 4.79 Å². The summed E-state index contributed by atoms with van der Waals surface area (Å²) in [6.07, 6.45) is 2.05. The Kier molecular flexibility index (Phi) is 4.16. The normalized spacial score (nSPS) is 24.3. The molecule has 0 spiro atoms. The Balaban J connectivity index is 2.35. The molecule has 19 heavy (non-hydrogen) atoms. The lowest BCUT2D eigenvalue weighted by Gasteiger charge is -2.31. The zero-order valence-electron chi connectivity index (χ0n) is 10.7. The van der Waals surface area contributed by atoms with Crippen LogP contribution in [0.15, 0.2) is 12.1 Å². The molecule has 7 heteroatoms. The number of hydrogen-bond donors (Lipinski definition) is 1. The predicted molar refractivity (Wildman–Crippen MR) is 72.9 cm³/mol. The van der Waals surface area contributed by atoms with E-state index in [1.807, 2.05) is 6.92 Å². The summed E-state index contributed by atoms with van der Waals surface area (Å²) in [5, 5.41) is 10.9. The molecule has 6 nitrogen and oxygen atoms in total. The predicted octanol–water partition coefficient (Wildman–Crippen LogP) is 2.06. The second kappa shape index (κ2) is 5.66. The minimum absolute atomic E-state index is 0.0801. The second-order valence-electron chi connectivity index (χ2n) is 4.61. The highest BCUT2D eigenvalue weighted by Crippen LogP contribution is 2.36. The number of nitrogens with two attached hydrogens (primary N) is 1. The first-order valence-electron chi connectivity index (χ1n) is 6.33. The first-order chi connectivity index (χ1) is 9.04. The van der Waals surface area contributed by atoms with Crippen molar-refractivity contribution in [3.8, 4) is 0 Å². The van der Waals surface area contributed by atoms with Crippen molar-refractivity contribution in [3.63, 3.8) is 0 Å². The Morgan fingerprint density at radius 2 is 2.32 bits per heavy atom. The van der Waals surface area contributed by atoms with Crippen LogP contribution in [0.5, 0.6) is 0 Å². The number of likely N-dealkylation sites (tertiary alicyclic amines) is 1. The third-order valence-electron chi connectivity index (χ3n) is 3.41. The van der Waals surface area contributed by atoms with Crippen LogP contribution in [0.25, 0.3) is 0 Å². The molecule has 2 N–H and O–H groups in total. The number of thiophene rings is 1. The molecule has 104 valence electrons. The van der Waals surface area contributed by atoms with Crippen molar-refractivity contribution in [2.45, 2.75) is 38.3 Å². The number of likely N-dealkylation sites (N-methyl/N-ethyl adjacent to an activating group) is 1. The highest BCUT2D eigenvalue weighted by atomic mass is 32.1. The summed E-state index contributed by atoms with van der Waals surface area (Å²) in [6.45, 7) is 2.48. The van der Waals surface area contributed by atoms with Crippen molar-refractivity contribution in [2.75, 3.05) is 6.54 Å². The Labute approximate surface area is 115 Å². The summed E-state index contributed by atoms with van der Waals surface area (Å²) in [7, 11) is 0. The van der Waals surface area contributed by atoms with E-state index in [4.69, 9.17) is 5.73 Å². The highest BCUT2D eigenvalue weighted by molar-refractivity contribution is 7.15. The smallest absolute Gasteiger partial charge is 0.324 e. The quantitative estimate of drug-likeness (QED) is 0.679. The van der Waals surface area contributed by atoms with E-state index in [9.17, 15) is 14.9 Å². The van der Waals surface area contributed by atoms with Gasteiger partial charge in [0.1, 0.15) is 0 Å². The van der Waals surface area contributed by atoms with E-state index >= 15 is 0 Å². The fraction of sp³-hybridized carbons (Fsp3) is 0.583. The Bertz CT molecular complexity index is 488. The van der Waals surface area contributed by atoms with Crippen molar-refractivity contribution in [1.29, 1.82) is 0 Å². The van der Waals surface area contributed by atoms with Gasteiger partial charge >= 0.3 is 5.00 Å². The largest absolute Gasteiger partial charge is 0.334 e. The number of amides is 1. The summed E-state index contributed by atoms with van der Waals surface area (Å²) in [4.78, 5) is 25.0. The van der Waals surface area contributed by atoms with Gasteiger partial charge in [0.05, 0.1) is 11.0 Å². The maximum Gasteiger partial charge on any atom is 0.324 e. The van der Waals surface area contributed by atoms with Crippen molar-refractivity contribution in [2.24, 2.45) is 5.73 Å². The molecule has 1 fully saturated rings. The monoisotopic (exact) mass is 283 g/mol. The first kappa shape index (κ1) is 14.0. The Morgan fingerprint density at radius 3 is 2.89 bits per heavy atom. The van der Waals surface area contributed by atoms with Gasteiger partial charge in [-0.05, 0) is 25.8 Å². The molecular weight excluding hydrogens is 266 g/mol. The van der Waals surface area contributed by atoms with Gasteiger partial charge in [0.2, 0.25) is 5.91 Å². The van der Waals surface area contributed by atoms with Gasteiger partial charge < -0.3 is 10.6 Å². The molecule has 2 heterocycles. The van der Waals surface area contributed by atoms with Crippen LogP contribution in [0.4, 0.5) is 5.00 Å². The SMILES string of the molecule is CCN1C(=O)CCCC(N)C1c1ccc([N+](=O)[O-])s1. The molecule has 1 aromatic heterocycles. The van der Waals surface area contributed by atoms with Crippen molar-refractivity contribution < 1.29 is 9.72 Å². The molecule has 1 aromatic rings. The van der Waals surface area contributed by atoms with Gasteiger partial charge in [-0.25, -0.2) is 0 Å². The lowest BCUT2D eigenvalue weighted by atomic mass is 10.0. The van der Waals surface area contributed by atoms with E-state index in [1.165, 1.54) is 6.07 Å². The summed E-state index contributed by atoms with van der Waals surface area (Å²) in [6, 6.07) is 2.80. The molecule has 1 aliphatic rings. The van der Waals surface area contributed by atoms with Crippen LogP contribution in [-0.4, -0.2) is 28.3 Å². The lowest BCUT2D eigenvalue weighted by Crippen LogP contribution is -2.41. The maximum atomic E-state index is 12.1. The zero-order valence-corrected chi connectivity index (χ0v) is 11.6. The van der Waals surface area contributed by atoms with E-state index in [0.29, 0.717) is 13.0 Å². The molecule has 0 aromatic carbocycles. The lowest BCUT2D eigenvalue weighted by molar-refractivity contribution is -0.380. The van der Waals surface area contributed by atoms with Crippen molar-refractivity contribution in [3.05, 3.63) is 27.1 Å². The minimum Gasteiger partial charge on any atom is -0.334 e. The number of carbonyl (C=O) groups excluding carboxylic acids is 1. The number of nitro groups is 1. The van der Waals surface area contributed by atoms with E-state index in [0.717, 1.165) is 29.1 Å². The molecule has 0 bridgehead atoms. The van der Waals surface area contributed by atoms with Gasteiger partial charge in [-0.2, -0.15) is 0 Å². The fourth-order valence-corrected chi connectivity index (χ4v) is 3.52. The summed E-state index contributed by atoms with van der Waals surface area (Å²) in [5.41, 5.74) is 6.17. The number of hydrogen-bond acceptors (Lipinski definition) is 5. The topological polar surface area (TPSA) is 89.5 Å². The molecule has 1 aliphatic heterocycles. The summed E-state index contributed by atoms with van der Waals surface area (Å²) in [5.74, 6) is 0.0801. The van der Waals surface area contributed by atoms with E-state index in [2.05, 4.69) is 0 Å². The summed E-state index contributed by atoms with van der Waals surface area (Å²) >= 11 is 1.11. The van der Waals surface area contributed by atoms with Crippen LogP contribution >= 0.6 is 11.3 Å². The molecular formula is C12H17N3O3S. The highest BCUT2D eigenvalue weighted by Gasteiger charge is 2.33. The van der Waals surface area contributed by atoms with Gasteiger partial charge in [0.15, 0.2) is 0 Å². The third-order valence-corrected chi connectivity index (χ3v) is 4.52. The average Bonchev–Trinajstić information content (AvgIpc) is 2.79. The van der Waals surface area contributed by atoms with E-state index < -0.39 is 4.92 Å². The van der Waals surface area contributed by atoms with Gasteiger partial charge in [-0.15, -0.1) is 0 Å². The Morgan fingerprint density at radius 1 is 1.58 bits per heavy atom. The van der Waals surface area contributed by atoms with Gasteiger partial charge in [-0.1, -0.05) is 11.3 Å². The van der Waals surface area contributed by atoms with Crippen LogP contribution in [0.1, 0.15) is 37.1 Å². The summed E-state index contributed by atoms with van der Waals surface area (Å²) < 4.78 is 0. The van der Waals surface area contributed by atoms with Crippen molar-refractivity contribution in [1.82, 2.24) is 4.90 Å². The van der Waals surface area contributed by atoms with Gasteiger partial charge in [0, 0.05) is 30.0 Å². The minimum atomic E-state index is -0.408. The van der Waals surface area contributed by atoms with E-state index in [1.54, 1.807) is 11.0 Å². The zero-order chi connectivity index (χ0) is 14.0. The fourth-order valence-electron chi connectivity index (χ4n) is 2.51. The molecule has 0 aliphatic carbocycles. The molecule has 0 radical (unpaired) electrons. The van der Waals surface area contributed by atoms with E-state index in [-0.39, 0.29) is 23.0 Å². The van der Waals surface area contributed by atoms with Crippen LogP contribution in [0.2, 0.25) is 0 Å². The average molecular weight is 283 g/mol. The number of nitrogens with zero attached hydrogens (tertiary/aromatic N) is 2. The molecule has 2 atom stereocenters. The van der Waals surface area contributed by atoms with Crippen LogP contribution in [0.3, 0.4) is 0 Å². The molecule has 0 saturated carbocycles. The van der Waals surface area contributed by atoms with Gasteiger partial charge in [-0.3, -0.25) is 14.9 Å². The molecule has 2 rings (SSSR count). The van der Waals surface area contributed by atoms with Crippen molar-refractivity contribution >= 4 is 22.2 Å². The first-order valence-corrected chi connectivity index (χ1v) is 7.15.